The van der Waals surface area contributed by atoms with E-state index in [2.05, 4.69) is 10.1 Å². The lowest BCUT2D eigenvalue weighted by Crippen LogP contribution is -2.25. The smallest absolute Gasteiger partial charge is 0.212 e. The first-order valence-electron chi connectivity index (χ1n) is 6.80. The van der Waals surface area contributed by atoms with Crippen molar-refractivity contribution in [1.82, 2.24) is 9.55 Å². The number of rotatable bonds is 1. The molecule has 1 heterocycles. The van der Waals surface area contributed by atoms with Gasteiger partial charge in [-0.15, -0.1) is 0 Å². The normalized spacial score (nSPS) is 15.8. The Morgan fingerprint density at radius 1 is 1.19 bits per heavy atom. The van der Waals surface area contributed by atoms with Crippen LogP contribution in [0.4, 0.5) is 0 Å². The highest BCUT2D eigenvalue weighted by molar-refractivity contribution is 6.28. The highest BCUT2D eigenvalue weighted by Crippen LogP contribution is 2.27. The zero-order valence-corrected chi connectivity index (χ0v) is 12.5. The summed E-state index contributed by atoms with van der Waals surface area (Å²) < 4.78 is 1.72. The minimum Gasteiger partial charge on any atom is -0.390 e. The minimum atomic E-state index is -0.404. The number of imidazole rings is 1. The molecule has 3 rings (SSSR count). The van der Waals surface area contributed by atoms with Crippen molar-refractivity contribution in [2.24, 2.45) is 12.2 Å². The molecule has 0 aliphatic heterocycles. The lowest BCUT2D eigenvalue weighted by Gasteiger charge is -2.20. The fourth-order valence-electron chi connectivity index (χ4n) is 2.29. The van der Waals surface area contributed by atoms with E-state index in [0.29, 0.717) is 22.7 Å². The number of ketones is 1. The van der Waals surface area contributed by atoms with Crippen molar-refractivity contribution < 1.29 is 9.63 Å². The molecule has 0 fully saturated rings. The van der Waals surface area contributed by atoms with Crippen LogP contribution < -0.4 is 0 Å². The number of carbonyl (C=O) groups excluding carboxylic acids is 1. The average Bonchev–Trinajstić information content (AvgIpc) is 2.80. The summed E-state index contributed by atoms with van der Waals surface area (Å²) in [6.07, 6.45) is 1.63. The van der Waals surface area contributed by atoms with Crippen LogP contribution in [0.15, 0.2) is 35.7 Å². The van der Waals surface area contributed by atoms with E-state index in [-0.39, 0.29) is 5.78 Å². The molecule has 108 valence electrons. The molecule has 0 atom stereocenters. The number of nitrogens with zero attached hydrogens (tertiary/aromatic N) is 3. The van der Waals surface area contributed by atoms with E-state index >= 15 is 0 Å². The van der Waals surface area contributed by atoms with Crippen molar-refractivity contribution in [2.45, 2.75) is 26.4 Å². The van der Waals surface area contributed by atoms with Gasteiger partial charge in [0.1, 0.15) is 22.7 Å². The molecule has 0 saturated heterocycles. The Balaban J connectivity index is 2.21. The molecule has 0 amide bonds. The molecule has 0 spiro atoms. The van der Waals surface area contributed by atoms with Crippen LogP contribution in [-0.4, -0.2) is 26.6 Å². The third kappa shape index (κ3) is 2.24. The topological polar surface area (TPSA) is 56.5 Å². The molecule has 5 nitrogen and oxygen atoms in total. The number of benzene rings is 1. The fraction of sp³-hybridized carbons (Fsp3) is 0.312. The summed E-state index contributed by atoms with van der Waals surface area (Å²) >= 11 is 0. The number of hydrogen-bond acceptors (Lipinski definition) is 4. The second-order valence-corrected chi connectivity index (χ2v) is 6.07. The third-order valence-electron chi connectivity index (χ3n) is 3.21. The van der Waals surface area contributed by atoms with Gasteiger partial charge >= 0.3 is 0 Å². The first-order chi connectivity index (χ1) is 9.88. The summed E-state index contributed by atoms with van der Waals surface area (Å²) in [5.74, 6) is -0.0321. The summed E-state index contributed by atoms with van der Waals surface area (Å²) in [4.78, 5) is 22.5. The van der Waals surface area contributed by atoms with Gasteiger partial charge in [-0.2, -0.15) is 0 Å². The van der Waals surface area contributed by atoms with Crippen LogP contribution in [0.1, 0.15) is 48.1 Å². The lowest BCUT2D eigenvalue weighted by atomic mass is 9.89. The van der Waals surface area contributed by atoms with Gasteiger partial charge in [0, 0.05) is 18.2 Å². The molecule has 0 N–H and O–H groups in total. The van der Waals surface area contributed by atoms with Crippen LogP contribution in [-0.2, 0) is 11.9 Å². The molecule has 5 heteroatoms. The van der Waals surface area contributed by atoms with E-state index in [1.807, 2.05) is 39.0 Å². The maximum atomic E-state index is 12.6. The summed E-state index contributed by atoms with van der Waals surface area (Å²) in [7, 11) is 1.81. The van der Waals surface area contributed by atoms with Gasteiger partial charge in [-0.1, -0.05) is 29.4 Å². The van der Waals surface area contributed by atoms with Crippen molar-refractivity contribution in [2.75, 3.05) is 0 Å². The van der Waals surface area contributed by atoms with Gasteiger partial charge in [-0.25, -0.2) is 4.98 Å². The van der Waals surface area contributed by atoms with Crippen molar-refractivity contribution in [3.05, 3.63) is 53.1 Å². The SMILES string of the molecule is Cn1cnc2c1C(=O)c1ccccc1/C2=N\OC(C)(C)C. The zero-order valence-electron chi connectivity index (χ0n) is 12.5. The molecule has 0 unspecified atom stereocenters. The van der Waals surface area contributed by atoms with Gasteiger partial charge in [-0.3, -0.25) is 4.79 Å². The molecule has 21 heavy (non-hydrogen) atoms. The van der Waals surface area contributed by atoms with Gasteiger partial charge in [0.05, 0.1) is 6.33 Å². The maximum absolute atomic E-state index is 12.6. The van der Waals surface area contributed by atoms with Gasteiger partial charge in [0.2, 0.25) is 5.78 Å². The summed E-state index contributed by atoms with van der Waals surface area (Å²) in [6.45, 7) is 5.78. The van der Waals surface area contributed by atoms with Gasteiger partial charge in [0.25, 0.3) is 0 Å². The Labute approximate surface area is 123 Å². The van der Waals surface area contributed by atoms with E-state index in [1.165, 1.54) is 0 Å². The van der Waals surface area contributed by atoms with Crippen molar-refractivity contribution in [3.63, 3.8) is 0 Å². The molecule has 1 aliphatic carbocycles. The summed E-state index contributed by atoms with van der Waals surface area (Å²) in [6, 6.07) is 7.41. The Hall–Kier alpha value is -2.43. The molecule has 1 aromatic carbocycles. The number of fused-ring (bicyclic) bond motifs is 2. The Kier molecular flexibility index (Phi) is 2.93. The van der Waals surface area contributed by atoms with Gasteiger partial charge in [0.15, 0.2) is 0 Å². The molecule has 2 aromatic rings. The summed E-state index contributed by atoms with van der Waals surface area (Å²) in [5, 5.41) is 4.27. The van der Waals surface area contributed by atoms with E-state index in [9.17, 15) is 4.79 Å². The molecular formula is C16H17N3O2. The largest absolute Gasteiger partial charge is 0.390 e. The summed E-state index contributed by atoms with van der Waals surface area (Å²) in [5.41, 5.74) is 2.71. The average molecular weight is 283 g/mol. The van der Waals surface area contributed by atoms with E-state index < -0.39 is 5.60 Å². The van der Waals surface area contributed by atoms with Crippen LogP contribution in [0.5, 0.6) is 0 Å². The standard InChI is InChI=1S/C16H17N3O2/c1-16(2,3)21-18-12-10-7-5-6-8-11(10)15(20)14-13(12)17-9-19(14)4/h5-9H,1-4H3/b18-12+. The van der Waals surface area contributed by atoms with E-state index in [1.54, 1.807) is 24.0 Å². The van der Waals surface area contributed by atoms with Crippen molar-refractivity contribution in [3.8, 4) is 0 Å². The highest BCUT2D eigenvalue weighted by atomic mass is 16.6. The van der Waals surface area contributed by atoms with Crippen molar-refractivity contribution in [1.29, 1.82) is 0 Å². The Morgan fingerprint density at radius 2 is 1.86 bits per heavy atom. The Bertz CT molecular complexity index is 751. The van der Waals surface area contributed by atoms with Gasteiger partial charge in [-0.05, 0) is 20.8 Å². The van der Waals surface area contributed by atoms with E-state index in [4.69, 9.17) is 4.84 Å². The van der Waals surface area contributed by atoms with Crippen LogP contribution >= 0.6 is 0 Å². The van der Waals surface area contributed by atoms with E-state index in [0.717, 1.165) is 5.56 Å². The number of aryl methyl sites for hydroxylation is 1. The number of hydrogen-bond donors (Lipinski definition) is 0. The lowest BCUT2D eigenvalue weighted by molar-refractivity contribution is 0.00112. The predicted molar refractivity (Wildman–Crippen MR) is 79.6 cm³/mol. The monoisotopic (exact) mass is 283 g/mol. The van der Waals surface area contributed by atoms with Crippen LogP contribution in [0.2, 0.25) is 0 Å². The maximum Gasteiger partial charge on any atom is 0.212 e. The number of oxime groups is 1. The molecular weight excluding hydrogens is 266 g/mol. The number of carbonyl (C=O) groups is 1. The van der Waals surface area contributed by atoms with Crippen LogP contribution in [0, 0.1) is 0 Å². The fourth-order valence-corrected chi connectivity index (χ4v) is 2.29. The molecule has 0 bridgehead atoms. The predicted octanol–water partition coefficient (Wildman–Crippen LogP) is 2.53. The number of aromatic nitrogens is 2. The molecule has 1 aromatic heterocycles. The highest BCUT2D eigenvalue weighted by Gasteiger charge is 2.32. The third-order valence-corrected chi connectivity index (χ3v) is 3.21. The second-order valence-electron chi connectivity index (χ2n) is 6.07. The first-order valence-corrected chi connectivity index (χ1v) is 6.80. The second kappa shape index (κ2) is 4.55. The first kappa shape index (κ1) is 13.5. The van der Waals surface area contributed by atoms with Crippen LogP contribution in [0.25, 0.3) is 0 Å². The Morgan fingerprint density at radius 3 is 2.52 bits per heavy atom. The minimum absolute atomic E-state index is 0.0321. The molecule has 0 saturated carbocycles. The van der Waals surface area contributed by atoms with Gasteiger partial charge < -0.3 is 9.40 Å². The molecule has 1 aliphatic rings. The zero-order chi connectivity index (χ0) is 15.2. The van der Waals surface area contributed by atoms with Crippen molar-refractivity contribution >= 4 is 11.5 Å². The quantitative estimate of drug-likeness (QED) is 0.645. The molecule has 0 radical (unpaired) electrons. The van der Waals surface area contributed by atoms with Crippen LogP contribution in [0.3, 0.4) is 0 Å².